The molecular weight excluding hydrogens is 210 g/mol. The Morgan fingerprint density at radius 1 is 1.27 bits per heavy atom. The second-order valence-electron chi connectivity index (χ2n) is 3.96. The molecule has 0 aromatic heterocycles. The van der Waals surface area contributed by atoms with Crippen LogP contribution in [0.4, 0.5) is 0 Å². The molecule has 0 aliphatic heterocycles. The van der Waals surface area contributed by atoms with Gasteiger partial charge in [-0.2, -0.15) is 0 Å². The van der Waals surface area contributed by atoms with Gasteiger partial charge in [-0.25, -0.2) is 0 Å². The fourth-order valence-electron chi connectivity index (χ4n) is 1.36. The van der Waals surface area contributed by atoms with Crippen molar-refractivity contribution in [2.75, 3.05) is 6.54 Å². The number of hydrogen-bond acceptors (Lipinski definition) is 2. The molecule has 0 saturated heterocycles. The summed E-state index contributed by atoms with van der Waals surface area (Å²) >= 11 is 5.77. The van der Waals surface area contributed by atoms with E-state index >= 15 is 0 Å². The Bertz CT molecular complexity index is 284. The highest BCUT2D eigenvalue weighted by Crippen LogP contribution is 2.18. The monoisotopic (exact) mass is 227 g/mol. The Morgan fingerprint density at radius 2 is 1.87 bits per heavy atom. The Balaban J connectivity index is 2.40. The van der Waals surface area contributed by atoms with Crippen molar-refractivity contribution >= 4 is 11.6 Å². The predicted molar refractivity (Wildman–Crippen MR) is 64.2 cm³/mol. The van der Waals surface area contributed by atoms with Crippen LogP contribution in [0.15, 0.2) is 24.3 Å². The summed E-state index contributed by atoms with van der Waals surface area (Å²) in [6.07, 6.45) is 0.313. The lowest BCUT2D eigenvalue weighted by atomic mass is 10.1. The largest absolute Gasteiger partial charge is 0.388 e. The van der Waals surface area contributed by atoms with Gasteiger partial charge < -0.3 is 10.4 Å². The SMILES string of the molecule is CC(C)NCC[C@H](O)c1ccc(Cl)cc1. The van der Waals surface area contributed by atoms with E-state index in [1.54, 1.807) is 12.1 Å². The first kappa shape index (κ1) is 12.5. The van der Waals surface area contributed by atoms with Gasteiger partial charge in [0.25, 0.3) is 0 Å². The third kappa shape index (κ3) is 4.65. The number of hydrogen-bond donors (Lipinski definition) is 2. The van der Waals surface area contributed by atoms with Crippen LogP contribution in [0.1, 0.15) is 31.9 Å². The van der Waals surface area contributed by atoms with Crippen LogP contribution in [0.2, 0.25) is 5.02 Å². The highest BCUT2D eigenvalue weighted by atomic mass is 35.5. The summed E-state index contributed by atoms with van der Waals surface area (Å²) in [5, 5.41) is 13.8. The summed E-state index contributed by atoms with van der Waals surface area (Å²) < 4.78 is 0. The van der Waals surface area contributed by atoms with Gasteiger partial charge in [-0.3, -0.25) is 0 Å². The topological polar surface area (TPSA) is 32.3 Å². The lowest BCUT2D eigenvalue weighted by Gasteiger charge is -2.13. The zero-order valence-electron chi connectivity index (χ0n) is 9.20. The van der Waals surface area contributed by atoms with Gasteiger partial charge in [-0.1, -0.05) is 37.6 Å². The molecule has 2 N–H and O–H groups in total. The Kier molecular flexibility index (Phi) is 5.09. The molecule has 0 radical (unpaired) electrons. The van der Waals surface area contributed by atoms with Gasteiger partial charge in [0.05, 0.1) is 6.10 Å². The first-order chi connectivity index (χ1) is 7.09. The minimum atomic E-state index is -0.409. The van der Waals surface area contributed by atoms with E-state index in [1.807, 2.05) is 12.1 Å². The maximum Gasteiger partial charge on any atom is 0.0802 e. The van der Waals surface area contributed by atoms with E-state index in [4.69, 9.17) is 11.6 Å². The number of halogens is 1. The molecule has 0 fully saturated rings. The molecule has 1 atom stereocenters. The normalized spacial score (nSPS) is 13.1. The lowest BCUT2D eigenvalue weighted by molar-refractivity contribution is 0.166. The van der Waals surface area contributed by atoms with E-state index in [1.165, 1.54) is 0 Å². The molecule has 0 aliphatic rings. The summed E-state index contributed by atoms with van der Waals surface area (Å²) in [5.41, 5.74) is 0.921. The maximum atomic E-state index is 9.84. The van der Waals surface area contributed by atoms with Crippen LogP contribution >= 0.6 is 11.6 Å². The van der Waals surface area contributed by atoms with Gasteiger partial charge in [0, 0.05) is 11.1 Å². The van der Waals surface area contributed by atoms with Crippen LogP contribution in [0, 0.1) is 0 Å². The van der Waals surface area contributed by atoms with Gasteiger partial charge in [-0.05, 0) is 30.7 Å². The quantitative estimate of drug-likeness (QED) is 0.811. The van der Waals surface area contributed by atoms with E-state index in [0.717, 1.165) is 18.5 Å². The minimum absolute atomic E-state index is 0.409. The van der Waals surface area contributed by atoms with E-state index < -0.39 is 6.10 Å². The highest BCUT2D eigenvalue weighted by Gasteiger charge is 2.06. The van der Waals surface area contributed by atoms with Gasteiger partial charge in [0.1, 0.15) is 0 Å². The van der Waals surface area contributed by atoms with Gasteiger partial charge in [-0.15, -0.1) is 0 Å². The predicted octanol–water partition coefficient (Wildman–Crippen LogP) is 2.76. The molecule has 0 bridgehead atoms. The smallest absolute Gasteiger partial charge is 0.0802 e. The Hall–Kier alpha value is -0.570. The van der Waals surface area contributed by atoms with Gasteiger partial charge >= 0.3 is 0 Å². The van der Waals surface area contributed by atoms with Gasteiger partial charge in [0.2, 0.25) is 0 Å². The van der Waals surface area contributed by atoms with Crippen molar-refractivity contribution in [2.45, 2.75) is 32.4 Å². The molecule has 0 heterocycles. The van der Waals surface area contributed by atoms with Crippen molar-refractivity contribution in [1.82, 2.24) is 5.32 Å². The van der Waals surface area contributed by atoms with Crippen molar-refractivity contribution in [3.05, 3.63) is 34.9 Å². The molecule has 1 aromatic carbocycles. The zero-order valence-corrected chi connectivity index (χ0v) is 9.96. The number of aliphatic hydroxyl groups is 1. The molecular formula is C12H18ClNO. The number of benzene rings is 1. The van der Waals surface area contributed by atoms with E-state index in [2.05, 4.69) is 19.2 Å². The zero-order chi connectivity index (χ0) is 11.3. The van der Waals surface area contributed by atoms with Crippen molar-refractivity contribution in [1.29, 1.82) is 0 Å². The molecule has 2 nitrogen and oxygen atoms in total. The molecule has 0 amide bonds. The fourth-order valence-corrected chi connectivity index (χ4v) is 1.49. The minimum Gasteiger partial charge on any atom is -0.388 e. The molecule has 15 heavy (non-hydrogen) atoms. The first-order valence-corrected chi connectivity index (χ1v) is 5.64. The Morgan fingerprint density at radius 3 is 2.40 bits per heavy atom. The second kappa shape index (κ2) is 6.11. The maximum absolute atomic E-state index is 9.84. The van der Waals surface area contributed by atoms with Crippen molar-refractivity contribution in [3.63, 3.8) is 0 Å². The van der Waals surface area contributed by atoms with Crippen molar-refractivity contribution < 1.29 is 5.11 Å². The Labute approximate surface area is 96.3 Å². The standard InChI is InChI=1S/C12H18ClNO/c1-9(2)14-8-7-12(15)10-3-5-11(13)6-4-10/h3-6,9,12,14-15H,7-8H2,1-2H3/t12-/m0/s1. The first-order valence-electron chi connectivity index (χ1n) is 5.26. The summed E-state index contributed by atoms with van der Waals surface area (Å²) in [4.78, 5) is 0. The van der Waals surface area contributed by atoms with Crippen LogP contribution in [0.25, 0.3) is 0 Å². The summed E-state index contributed by atoms with van der Waals surface area (Å²) in [5.74, 6) is 0. The second-order valence-corrected chi connectivity index (χ2v) is 4.40. The molecule has 84 valence electrons. The van der Waals surface area contributed by atoms with Crippen molar-refractivity contribution in [3.8, 4) is 0 Å². The van der Waals surface area contributed by atoms with Gasteiger partial charge in [0.15, 0.2) is 0 Å². The summed E-state index contributed by atoms with van der Waals surface area (Å²) in [6.45, 7) is 5.00. The average molecular weight is 228 g/mol. The van der Waals surface area contributed by atoms with Crippen LogP contribution in [0.3, 0.4) is 0 Å². The third-order valence-corrected chi connectivity index (χ3v) is 2.48. The number of aliphatic hydroxyl groups excluding tert-OH is 1. The molecule has 0 saturated carbocycles. The number of nitrogens with one attached hydrogen (secondary N) is 1. The lowest BCUT2D eigenvalue weighted by Crippen LogP contribution is -2.24. The molecule has 1 aromatic rings. The van der Waals surface area contributed by atoms with E-state index in [-0.39, 0.29) is 0 Å². The number of rotatable bonds is 5. The molecule has 0 unspecified atom stereocenters. The summed E-state index contributed by atoms with van der Waals surface area (Å²) in [7, 11) is 0. The van der Waals surface area contributed by atoms with Crippen LogP contribution in [-0.2, 0) is 0 Å². The molecule has 1 rings (SSSR count). The van der Waals surface area contributed by atoms with Crippen LogP contribution in [-0.4, -0.2) is 17.7 Å². The molecule has 0 aliphatic carbocycles. The van der Waals surface area contributed by atoms with E-state index in [9.17, 15) is 5.11 Å². The van der Waals surface area contributed by atoms with Crippen LogP contribution in [0.5, 0.6) is 0 Å². The third-order valence-electron chi connectivity index (χ3n) is 2.23. The van der Waals surface area contributed by atoms with Crippen molar-refractivity contribution in [2.24, 2.45) is 0 Å². The van der Waals surface area contributed by atoms with Crippen LogP contribution < -0.4 is 5.32 Å². The average Bonchev–Trinajstić information content (AvgIpc) is 2.18. The van der Waals surface area contributed by atoms with E-state index in [0.29, 0.717) is 11.1 Å². The summed E-state index contributed by atoms with van der Waals surface area (Å²) in [6, 6.07) is 7.79. The highest BCUT2D eigenvalue weighted by molar-refractivity contribution is 6.30. The molecule has 3 heteroatoms. The fraction of sp³-hybridized carbons (Fsp3) is 0.500. The molecule has 0 spiro atoms.